The molecule has 7 heteroatoms. The van der Waals surface area contributed by atoms with Gasteiger partial charge in [-0.15, -0.1) is 0 Å². The third kappa shape index (κ3) is 3.03. The normalized spacial score (nSPS) is 11.8. The standard InChI is InChI=1S/C16H11F3N2O2/c17-16(18,19)13-3-1-2-10(6-13)11-4-5-21-14(7-11)12(9-20-21)8-15(22)23/h1-7,9H,8H2,(H,22,23). The second-order valence-corrected chi connectivity index (χ2v) is 5.06. The van der Waals surface area contributed by atoms with Crippen molar-refractivity contribution in [2.24, 2.45) is 0 Å². The minimum absolute atomic E-state index is 0.199. The molecular weight excluding hydrogens is 309 g/mol. The van der Waals surface area contributed by atoms with E-state index in [1.807, 2.05) is 0 Å². The van der Waals surface area contributed by atoms with Gasteiger partial charge in [0.2, 0.25) is 0 Å². The smallest absolute Gasteiger partial charge is 0.416 e. The van der Waals surface area contributed by atoms with Crippen molar-refractivity contribution in [3.8, 4) is 11.1 Å². The van der Waals surface area contributed by atoms with Gasteiger partial charge in [0.25, 0.3) is 0 Å². The van der Waals surface area contributed by atoms with E-state index in [-0.39, 0.29) is 6.42 Å². The molecule has 0 bridgehead atoms. The summed E-state index contributed by atoms with van der Waals surface area (Å²) in [7, 11) is 0. The fraction of sp³-hybridized carbons (Fsp3) is 0.125. The Bertz CT molecular complexity index is 884. The van der Waals surface area contributed by atoms with Crippen LogP contribution in [0.2, 0.25) is 0 Å². The maximum Gasteiger partial charge on any atom is 0.416 e. The Balaban J connectivity index is 2.08. The largest absolute Gasteiger partial charge is 0.481 e. The average molecular weight is 320 g/mol. The summed E-state index contributed by atoms with van der Waals surface area (Å²) < 4.78 is 39.9. The van der Waals surface area contributed by atoms with E-state index < -0.39 is 17.7 Å². The van der Waals surface area contributed by atoms with E-state index in [1.54, 1.807) is 24.4 Å². The number of benzene rings is 1. The highest BCUT2D eigenvalue weighted by atomic mass is 19.4. The quantitative estimate of drug-likeness (QED) is 0.801. The molecule has 0 spiro atoms. The molecule has 0 saturated heterocycles. The Labute approximate surface area is 128 Å². The number of hydrogen-bond acceptors (Lipinski definition) is 2. The van der Waals surface area contributed by atoms with Crippen LogP contribution in [-0.4, -0.2) is 20.7 Å². The summed E-state index contributed by atoms with van der Waals surface area (Å²) in [5.41, 5.74) is 1.31. The molecule has 23 heavy (non-hydrogen) atoms. The van der Waals surface area contributed by atoms with E-state index in [2.05, 4.69) is 5.10 Å². The predicted octanol–water partition coefficient (Wildman–Crippen LogP) is 3.65. The van der Waals surface area contributed by atoms with Crippen molar-refractivity contribution in [3.63, 3.8) is 0 Å². The van der Waals surface area contributed by atoms with Gasteiger partial charge in [-0.2, -0.15) is 18.3 Å². The SMILES string of the molecule is O=C(O)Cc1cnn2ccc(-c3cccc(C(F)(F)F)c3)cc12. The van der Waals surface area contributed by atoms with Gasteiger partial charge in [0.1, 0.15) is 0 Å². The van der Waals surface area contributed by atoms with Crippen molar-refractivity contribution in [2.75, 3.05) is 0 Å². The first-order valence-electron chi connectivity index (χ1n) is 6.70. The minimum atomic E-state index is -4.41. The van der Waals surface area contributed by atoms with E-state index in [0.717, 1.165) is 12.1 Å². The molecule has 3 aromatic rings. The highest BCUT2D eigenvalue weighted by Crippen LogP contribution is 2.32. The Hall–Kier alpha value is -2.83. The summed E-state index contributed by atoms with van der Waals surface area (Å²) in [6.07, 6.45) is -1.57. The molecule has 1 aromatic carbocycles. The van der Waals surface area contributed by atoms with Crippen LogP contribution in [0.3, 0.4) is 0 Å². The number of carboxylic acids is 1. The van der Waals surface area contributed by atoms with Crippen molar-refractivity contribution >= 4 is 11.5 Å². The molecule has 0 radical (unpaired) electrons. The summed E-state index contributed by atoms with van der Waals surface area (Å²) >= 11 is 0. The van der Waals surface area contributed by atoms with Gasteiger partial charge in [-0.3, -0.25) is 4.79 Å². The van der Waals surface area contributed by atoms with Gasteiger partial charge in [-0.25, -0.2) is 4.52 Å². The van der Waals surface area contributed by atoms with Crippen LogP contribution in [0, 0.1) is 0 Å². The van der Waals surface area contributed by atoms with Crippen molar-refractivity contribution in [1.29, 1.82) is 0 Å². The maximum atomic E-state index is 12.8. The number of alkyl halides is 3. The van der Waals surface area contributed by atoms with Crippen LogP contribution in [0.1, 0.15) is 11.1 Å². The number of aromatic nitrogens is 2. The molecule has 1 N–H and O–H groups in total. The molecular formula is C16H11F3N2O2. The summed E-state index contributed by atoms with van der Waals surface area (Å²) in [6.45, 7) is 0. The Kier molecular flexibility index (Phi) is 3.55. The third-order valence-electron chi connectivity index (χ3n) is 3.47. The summed E-state index contributed by atoms with van der Waals surface area (Å²) in [4.78, 5) is 10.9. The molecule has 118 valence electrons. The minimum Gasteiger partial charge on any atom is -0.481 e. The zero-order chi connectivity index (χ0) is 16.6. The number of halogens is 3. The Morgan fingerprint density at radius 3 is 2.61 bits per heavy atom. The lowest BCUT2D eigenvalue weighted by Crippen LogP contribution is -2.04. The van der Waals surface area contributed by atoms with Gasteiger partial charge >= 0.3 is 12.1 Å². The molecule has 0 fully saturated rings. The Morgan fingerprint density at radius 2 is 1.91 bits per heavy atom. The van der Waals surface area contributed by atoms with Crippen LogP contribution in [-0.2, 0) is 17.4 Å². The number of rotatable bonds is 3. The molecule has 0 aliphatic heterocycles. The molecule has 2 heterocycles. The molecule has 4 nitrogen and oxygen atoms in total. The van der Waals surface area contributed by atoms with Crippen LogP contribution in [0.15, 0.2) is 48.8 Å². The number of carboxylic acid groups (broad SMARTS) is 1. The van der Waals surface area contributed by atoms with E-state index in [9.17, 15) is 18.0 Å². The number of hydrogen-bond donors (Lipinski definition) is 1. The third-order valence-corrected chi connectivity index (χ3v) is 3.47. The van der Waals surface area contributed by atoms with Crippen molar-refractivity contribution in [1.82, 2.24) is 9.61 Å². The second kappa shape index (κ2) is 5.42. The van der Waals surface area contributed by atoms with Gasteiger partial charge < -0.3 is 5.11 Å². The zero-order valence-electron chi connectivity index (χ0n) is 11.7. The highest BCUT2D eigenvalue weighted by Gasteiger charge is 2.30. The number of fused-ring (bicyclic) bond motifs is 1. The molecule has 0 unspecified atom stereocenters. The number of pyridine rings is 1. The van der Waals surface area contributed by atoms with Gasteiger partial charge in [0.15, 0.2) is 0 Å². The average Bonchev–Trinajstić information content (AvgIpc) is 2.88. The van der Waals surface area contributed by atoms with Crippen molar-refractivity contribution in [3.05, 3.63) is 59.9 Å². The lowest BCUT2D eigenvalue weighted by atomic mass is 10.0. The summed E-state index contributed by atoms with van der Waals surface area (Å²) in [5.74, 6) is -0.996. The highest BCUT2D eigenvalue weighted by molar-refractivity contribution is 5.76. The predicted molar refractivity (Wildman–Crippen MR) is 77.0 cm³/mol. The lowest BCUT2D eigenvalue weighted by Gasteiger charge is -2.09. The van der Waals surface area contributed by atoms with Crippen LogP contribution in [0.4, 0.5) is 13.2 Å². The van der Waals surface area contributed by atoms with Gasteiger partial charge in [0.05, 0.1) is 23.7 Å². The van der Waals surface area contributed by atoms with Crippen molar-refractivity contribution < 1.29 is 23.1 Å². The first kappa shape index (κ1) is 15.1. The van der Waals surface area contributed by atoms with Gasteiger partial charge in [-0.1, -0.05) is 12.1 Å². The molecule has 0 saturated carbocycles. The fourth-order valence-corrected chi connectivity index (χ4v) is 2.39. The van der Waals surface area contributed by atoms with E-state index in [1.165, 1.54) is 16.8 Å². The van der Waals surface area contributed by atoms with Gasteiger partial charge in [-0.05, 0) is 35.4 Å². The molecule has 0 atom stereocenters. The fourth-order valence-electron chi connectivity index (χ4n) is 2.39. The molecule has 0 aliphatic rings. The topological polar surface area (TPSA) is 54.6 Å². The van der Waals surface area contributed by atoms with E-state index in [4.69, 9.17) is 5.11 Å². The molecule has 2 aromatic heterocycles. The second-order valence-electron chi connectivity index (χ2n) is 5.06. The first-order chi connectivity index (χ1) is 10.8. The van der Waals surface area contributed by atoms with Crippen LogP contribution < -0.4 is 0 Å². The summed E-state index contributed by atoms with van der Waals surface area (Å²) in [6, 6.07) is 8.28. The van der Waals surface area contributed by atoms with E-state index >= 15 is 0 Å². The first-order valence-corrected chi connectivity index (χ1v) is 6.70. The molecule has 3 rings (SSSR count). The maximum absolute atomic E-state index is 12.8. The van der Waals surface area contributed by atoms with Crippen LogP contribution in [0.5, 0.6) is 0 Å². The summed E-state index contributed by atoms with van der Waals surface area (Å²) in [5, 5.41) is 12.9. The monoisotopic (exact) mass is 320 g/mol. The molecule has 0 aliphatic carbocycles. The lowest BCUT2D eigenvalue weighted by molar-refractivity contribution is -0.138. The van der Waals surface area contributed by atoms with Crippen LogP contribution >= 0.6 is 0 Å². The number of carbonyl (C=O) groups is 1. The van der Waals surface area contributed by atoms with Crippen LogP contribution in [0.25, 0.3) is 16.6 Å². The molecule has 0 amide bonds. The Morgan fingerprint density at radius 1 is 1.17 bits per heavy atom. The number of nitrogens with zero attached hydrogens (tertiary/aromatic N) is 2. The van der Waals surface area contributed by atoms with Crippen molar-refractivity contribution in [2.45, 2.75) is 12.6 Å². The van der Waals surface area contributed by atoms with E-state index in [0.29, 0.717) is 22.2 Å². The van der Waals surface area contributed by atoms with Gasteiger partial charge in [0, 0.05) is 11.8 Å². The number of aliphatic carboxylic acids is 1. The zero-order valence-corrected chi connectivity index (χ0v) is 11.7.